The molecule has 2 N–H and O–H groups in total. The van der Waals surface area contributed by atoms with E-state index in [9.17, 15) is 4.79 Å². The Labute approximate surface area is 105 Å². The lowest BCUT2D eigenvalue weighted by molar-refractivity contribution is 0.0962. The molecular weight excluding hydrogens is 238 g/mol. The summed E-state index contributed by atoms with van der Waals surface area (Å²) in [4.78, 5) is 10.1. The Balaban J connectivity index is 3.55. The van der Waals surface area contributed by atoms with Crippen molar-refractivity contribution in [2.75, 3.05) is 26.4 Å². The third-order valence-electron chi connectivity index (χ3n) is 3.02. The van der Waals surface area contributed by atoms with Crippen LogP contribution in [0.2, 0.25) is 18.1 Å². The first-order chi connectivity index (χ1) is 7.67. The fourth-order valence-electron chi connectivity index (χ4n) is 0.904. The van der Waals surface area contributed by atoms with Gasteiger partial charge in [0, 0.05) is 6.54 Å². The van der Waals surface area contributed by atoms with Crippen molar-refractivity contribution in [3.8, 4) is 0 Å². The Morgan fingerprint density at radius 3 is 2.29 bits per heavy atom. The van der Waals surface area contributed by atoms with Gasteiger partial charge in [-0.2, -0.15) is 0 Å². The Bertz CT molecular complexity index is 238. The lowest BCUT2D eigenvalue weighted by Gasteiger charge is -2.36. The molecule has 0 fully saturated rings. The summed E-state index contributed by atoms with van der Waals surface area (Å²) >= 11 is 0. The maximum atomic E-state index is 10.1. The molecule has 0 aliphatic carbocycles. The summed E-state index contributed by atoms with van der Waals surface area (Å²) in [5.74, 6) is 0. The van der Waals surface area contributed by atoms with E-state index in [2.05, 4.69) is 39.2 Å². The number of hydrogen-bond acceptors (Lipinski definition) is 3. The highest BCUT2D eigenvalue weighted by atomic mass is 28.4. The highest BCUT2D eigenvalue weighted by Crippen LogP contribution is 2.36. The van der Waals surface area contributed by atoms with Gasteiger partial charge in [0.05, 0.1) is 19.8 Å². The van der Waals surface area contributed by atoms with Crippen molar-refractivity contribution in [1.29, 1.82) is 0 Å². The molecule has 1 amide bonds. The lowest BCUT2D eigenvalue weighted by atomic mass is 10.2. The average molecular weight is 263 g/mol. The fourth-order valence-corrected chi connectivity index (χ4v) is 1.93. The predicted molar refractivity (Wildman–Crippen MR) is 70.0 cm³/mol. The molecule has 0 aromatic heterocycles. The Morgan fingerprint density at radius 2 is 1.82 bits per heavy atom. The van der Waals surface area contributed by atoms with Crippen molar-refractivity contribution in [3.63, 3.8) is 0 Å². The zero-order valence-electron chi connectivity index (χ0n) is 11.5. The van der Waals surface area contributed by atoms with Gasteiger partial charge in [0.25, 0.3) is 0 Å². The molecule has 0 radical (unpaired) electrons. The van der Waals surface area contributed by atoms with Crippen LogP contribution in [0.4, 0.5) is 4.79 Å². The van der Waals surface area contributed by atoms with Crippen LogP contribution in [0.1, 0.15) is 20.8 Å². The van der Waals surface area contributed by atoms with Crippen molar-refractivity contribution >= 4 is 14.4 Å². The Hall–Kier alpha value is -0.593. The third kappa shape index (κ3) is 7.35. The molecule has 0 aromatic carbocycles. The van der Waals surface area contributed by atoms with Gasteiger partial charge in [0.2, 0.25) is 0 Å². The van der Waals surface area contributed by atoms with Crippen LogP contribution in [0.15, 0.2) is 0 Å². The van der Waals surface area contributed by atoms with Crippen molar-refractivity contribution in [2.24, 2.45) is 0 Å². The Kier molecular flexibility index (Phi) is 6.73. The van der Waals surface area contributed by atoms with Gasteiger partial charge in [-0.1, -0.05) is 20.8 Å². The quantitative estimate of drug-likeness (QED) is 0.546. The summed E-state index contributed by atoms with van der Waals surface area (Å²) < 4.78 is 11.2. The second kappa shape index (κ2) is 6.98. The Morgan fingerprint density at radius 1 is 1.24 bits per heavy atom. The molecule has 0 spiro atoms. The molecule has 0 rings (SSSR count). The largest absolute Gasteiger partial charge is 0.465 e. The number of carboxylic acid groups (broad SMARTS) is 1. The summed E-state index contributed by atoms with van der Waals surface area (Å²) in [6.45, 7) is 12.7. The van der Waals surface area contributed by atoms with E-state index in [4.69, 9.17) is 14.3 Å². The summed E-state index contributed by atoms with van der Waals surface area (Å²) in [6.07, 6.45) is -1.02. The maximum Gasteiger partial charge on any atom is 0.404 e. The second-order valence-electron chi connectivity index (χ2n) is 5.45. The van der Waals surface area contributed by atoms with E-state index in [0.717, 1.165) is 0 Å². The monoisotopic (exact) mass is 263 g/mol. The molecule has 5 nitrogen and oxygen atoms in total. The van der Waals surface area contributed by atoms with Crippen LogP contribution in [0, 0.1) is 0 Å². The normalized spacial score (nSPS) is 12.5. The van der Waals surface area contributed by atoms with Gasteiger partial charge in [0.1, 0.15) is 0 Å². The van der Waals surface area contributed by atoms with Crippen molar-refractivity contribution < 1.29 is 19.1 Å². The minimum atomic E-state index is -1.68. The van der Waals surface area contributed by atoms with E-state index >= 15 is 0 Å². The number of hydrogen-bond donors (Lipinski definition) is 2. The molecule has 0 bridgehead atoms. The van der Waals surface area contributed by atoms with Gasteiger partial charge >= 0.3 is 6.09 Å². The van der Waals surface area contributed by atoms with Gasteiger partial charge in [-0.05, 0) is 18.1 Å². The van der Waals surface area contributed by atoms with E-state index in [-0.39, 0.29) is 5.04 Å². The first kappa shape index (κ1) is 16.4. The van der Waals surface area contributed by atoms with Gasteiger partial charge < -0.3 is 19.6 Å². The number of ether oxygens (including phenoxy) is 1. The van der Waals surface area contributed by atoms with Crippen LogP contribution in [0.25, 0.3) is 0 Å². The molecule has 17 heavy (non-hydrogen) atoms. The maximum absolute atomic E-state index is 10.1. The van der Waals surface area contributed by atoms with E-state index in [0.29, 0.717) is 26.4 Å². The highest BCUT2D eigenvalue weighted by molar-refractivity contribution is 6.74. The van der Waals surface area contributed by atoms with E-state index in [1.54, 1.807) is 0 Å². The van der Waals surface area contributed by atoms with Gasteiger partial charge in [-0.15, -0.1) is 0 Å². The van der Waals surface area contributed by atoms with E-state index in [1.807, 2.05) is 0 Å². The second-order valence-corrected chi connectivity index (χ2v) is 10.3. The minimum absolute atomic E-state index is 0.206. The average Bonchev–Trinajstić information content (AvgIpc) is 2.13. The summed E-state index contributed by atoms with van der Waals surface area (Å²) in [5.41, 5.74) is 0. The zero-order valence-corrected chi connectivity index (χ0v) is 12.5. The van der Waals surface area contributed by atoms with E-state index in [1.165, 1.54) is 0 Å². The molecule has 0 saturated carbocycles. The molecule has 0 heterocycles. The molecule has 0 atom stereocenters. The highest BCUT2D eigenvalue weighted by Gasteiger charge is 2.36. The molecule has 102 valence electrons. The SMILES string of the molecule is CC(C)(C)[Si](C)(C)OCCOCCNC(=O)O. The number of rotatable bonds is 7. The predicted octanol–water partition coefficient (Wildman–Crippen LogP) is 2.29. The van der Waals surface area contributed by atoms with Crippen LogP contribution in [0.3, 0.4) is 0 Å². The molecular formula is C11H25NO4Si. The van der Waals surface area contributed by atoms with Crippen molar-refractivity contribution in [1.82, 2.24) is 5.32 Å². The number of carbonyl (C=O) groups is 1. The lowest BCUT2D eigenvalue weighted by Crippen LogP contribution is -2.41. The molecule has 0 aliphatic heterocycles. The van der Waals surface area contributed by atoms with Crippen LogP contribution in [-0.2, 0) is 9.16 Å². The van der Waals surface area contributed by atoms with Gasteiger partial charge in [0.15, 0.2) is 8.32 Å². The van der Waals surface area contributed by atoms with Crippen molar-refractivity contribution in [2.45, 2.75) is 38.9 Å². The van der Waals surface area contributed by atoms with Gasteiger partial charge in [-0.25, -0.2) is 4.79 Å². The molecule has 0 aromatic rings. The van der Waals surface area contributed by atoms with Crippen LogP contribution in [-0.4, -0.2) is 45.9 Å². The summed E-state index contributed by atoms with van der Waals surface area (Å²) in [7, 11) is -1.68. The smallest absolute Gasteiger partial charge is 0.404 e. The van der Waals surface area contributed by atoms with Crippen LogP contribution < -0.4 is 5.32 Å². The number of nitrogens with one attached hydrogen (secondary N) is 1. The van der Waals surface area contributed by atoms with E-state index < -0.39 is 14.4 Å². The topological polar surface area (TPSA) is 67.8 Å². The van der Waals surface area contributed by atoms with Crippen molar-refractivity contribution in [3.05, 3.63) is 0 Å². The molecule has 6 heteroatoms. The van der Waals surface area contributed by atoms with Crippen LogP contribution in [0.5, 0.6) is 0 Å². The molecule has 0 saturated heterocycles. The molecule has 0 unspecified atom stereocenters. The first-order valence-corrected chi connectivity index (χ1v) is 8.76. The fraction of sp³-hybridized carbons (Fsp3) is 0.909. The first-order valence-electron chi connectivity index (χ1n) is 5.85. The number of amides is 1. The zero-order chi connectivity index (χ0) is 13.5. The molecule has 0 aliphatic rings. The van der Waals surface area contributed by atoms with Crippen LogP contribution >= 0.6 is 0 Å². The van der Waals surface area contributed by atoms with Gasteiger partial charge in [-0.3, -0.25) is 0 Å². The third-order valence-corrected chi connectivity index (χ3v) is 7.56. The summed E-state index contributed by atoms with van der Waals surface area (Å²) in [6, 6.07) is 0. The summed E-state index contributed by atoms with van der Waals surface area (Å²) in [5, 5.41) is 10.8. The minimum Gasteiger partial charge on any atom is -0.465 e. The standard InChI is InChI=1S/C11H25NO4Si/c1-11(2,3)17(4,5)16-9-8-15-7-6-12-10(13)14/h12H,6-9H2,1-5H3,(H,13,14).